The van der Waals surface area contributed by atoms with E-state index in [2.05, 4.69) is 13.2 Å². The summed E-state index contributed by atoms with van der Waals surface area (Å²) in [6, 6.07) is 0. The molecule has 0 aliphatic heterocycles. The first-order chi connectivity index (χ1) is 3.00. The number of hydrogen-bond acceptors (Lipinski definition) is 4. The van der Waals surface area contributed by atoms with E-state index in [1.165, 1.54) is 0 Å². The molecule has 0 aromatic rings. The molecule has 0 N–H and O–H groups in total. The summed E-state index contributed by atoms with van der Waals surface area (Å²) in [5.41, 5.74) is 0. The predicted molar refractivity (Wildman–Crippen MR) is 27.5 cm³/mol. The largest absolute Gasteiger partial charge is 2.00 e. The van der Waals surface area contributed by atoms with E-state index in [-0.39, 0.29) is 37.7 Å². The average molecular weight is 164 g/mol. The van der Waals surface area contributed by atoms with Gasteiger partial charge in [-0.2, -0.15) is 0 Å². The summed E-state index contributed by atoms with van der Waals surface area (Å²) in [4.78, 5) is 0. The Morgan fingerprint density at radius 1 is 1.12 bits per heavy atom. The Balaban J connectivity index is -0.0000000750. The fourth-order valence-electron chi connectivity index (χ4n) is 0. The fourth-order valence-corrected chi connectivity index (χ4v) is 0. The molecule has 0 aliphatic rings. The van der Waals surface area contributed by atoms with Gasteiger partial charge in [0.05, 0.1) is 0 Å². The van der Waals surface area contributed by atoms with E-state index in [0.717, 1.165) is 0 Å². The molecule has 0 saturated heterocycles. The third-order valence-corrected chi connectivity index (χ3v) is 0. The molecule has 6 heteroatoms. The Labute approximate surface area is 78.2 Å². The van der Waals surface area contributed by atoms with E-state index < -0.39 is 10.4 Å². The van der Waals surface area contributed by atoms with Gasteiger partial charge in [-0.1, -0.05) is 0 Å². The molecule has 0 unspecified atom stereocenters. The van der Waals surface area contributed by atoms with E-state index in [1.807, 2.05) is 0 Å². The Kier molecular flexibility index (Phi) is 15.7. The SMILES string of the molecule is C=C.O=S(=O)([O-])[O-].[Ca+2]. The van der Waals surface area contributed by atoms with Gasteiger partial charge < -0.3 is 9.11 Å². The maximum atomic E-state index is 8.52. The zero-order valence-corrected chi connectivity index (χ0v) is 7.19. The van der Waals surface area contributed by atoms with Gasteiger partial charge in [-0.05, 0) is 0 Å². The van der Waals surface area contributed by atoms with Gasteiger partial charge >= 0.3 is 37.7 Å². The minimum absolute atomic E-state index is 0. The fraction of sp³-hybridized carbons (Fsp3) is 0. The minimum atomic E-state index is -5.17. The van der Waals surface area contributed by atoms with Gasteiger partial charge in [0.1, 0.15) is 0 Å². The van der Waals surface area contributed by atoms with Crippen LogP contribution in [0.4, 0.5) is 0 Å². The molecule has 0 radical (unpaired) electrons. The van der Waals surface area contributed by atoms with Gasteiger partial charge in [-0.15, -0.1) is 13.2 Å². The van der Waals surface area contributed by atoms with Crippen LogP contribution in [0.15, 0.2) is 13.2 Å². The first-order valence-electron chi connectivity index (χ1n) is 1.17. The quantitative estimate of drug-likeness (QED) is 0.201. The van der Waals surface area contributed by atoms with Gasteiger partial charge in [-0.25, -0.2) is 0 Å². The zero-order chi connectivity index (χ0) is 6.50. The predicted octanol–water partition coefficient (Wildman–Crippen LogP) is -0.917. The second-order valence-electron chi connectivity index (χ2n) is 0.408. The van der Waals surface area contributed by atoms with Crippen LogP contribution in [0.3, 0.4) is 0 Å². The Hall–Kier alpha value is 0.870. The zero-order valence-electron chi connectivity index (χ0n) is 4.16. The van der Waals surface area contributed by atoms with E-state index in [1.54, 1.807) is 0 Å². The molecule has 0 atom stereocenters. The summed E-state index contributed by atoms with van der Waals surface area (Å²) < 4.78 is 34.1. The normalized spacial score (nSPS) is 7.75. The molecule has 0 aromatic heterocycles. The van der Waals surface area contributed by atoms with Gasteiger partial charge in [0.15, 0.2) is 0 Å². The molecular weight excluding hydrogens is 160 g/mol. The second kappa shape index (κ2) is 7.87. The topological polar surface area (TPSA) is 80.3 Å². The van der Waals surface area contributed by atoms with E-state index in [9.17, 15) is 0 Å². The molecule has 4 nitrogen and oxygen atoms in total. The molecule has 0 heterocycles. The van der Waals surface area contributed by atoms with Gasteiger partial charge in [0.2, 0.25) is 0 Å². The summed E-state index contributed by atoms with van der Waals surface area (Å²) in [7, 11) is -5.17. The van der Waals surface area contributed by atoms with Crippen molar-refractivity contribution in [2.45, 2.75) is 0 Å². The van der Waals surface area contributed by atoms with Crippen molar-refractivity contribution in [2.24, 2.45) is 0 Å². The summed E-state index contributed by atoms with van der Waals surface area (Å²) in [5.74, 6) is 0. The Morgan fingerprint density at radius 2 is 1.12 bits per heavy atom. The first kappa shape index (κ1) is 15.9. The van der Waals surface area contributed by atoms with Crippen LogP contribution < -0.4 is 0 Å². The van der Waals surface area contributed by atoms with Crippen LogP contribution in [0.2, 0.25) is 0 Å². The molecular formula is C2H4CaO4S. The van der Waals surface area contributed by atoms with Crippen LogP contribution in [0, 0.1) is 0 Å². The molecule has 0 saturated carbocycles. The molecule has 0 fully saturated rings. The molecule has 0 aromatic carbocycles. The van der Waals surface area contributed by atoms with Crippen molar-refractivity contribution in [2.75, 3.05) is 0 Å². The van der Waals surface area contributed by atoms with Crippen LogP contribution in [-0.2, 0) is 10.4 Å². The summed E-state index contributed by atoms with van der Waals surface area (Å²) in [6.07, 6.45) is 0. The monoisotopic (exact) mass is 164 g/mol. The first-order valence-corrected chi connectivity index (χ1v) is 2.50. The average Bonchev–Trinajstić information content (AvgIpc) is 1.36. The van der Waals surface area contributed by atoms with Crippen LogP contribution >= 0.6 is 0 Å². The van der Waals surface area contributed by atoms with Crippen LogP contribution in [0.25, 0.3) is 0 Å². The van der Waals surface area contributed by atoms with E-state index >= 15 is 0 Å². The maximum Gasteiger partial charge on any atom is 2.00 e. The molecule has 0 rings (SSSR count). The Bertz CT molecular complexity index is 108. The van der Waals surface area contributed by atoms with E-state index in [0.29, 0.717) is 0 Å². The summed E-state index contributed by atoms with van der Waals surface area (Å²) in [5, 5.41) is 0. The van der Waals surface area contributed by atoms with Gasteiger partial charge in [0.25, 0.3) is 0 Å². The van der Waals surface area contributed by atoms with Crippen molar-refractivity contribution in [3.8, 4) is 0 Å². The van der Waals surface area contributed by atoms with Crippen molar-refractivity contribution in [1.29, 1.82) is 0 Å². The molecule has 0 bridgehead atoms. The molecule has 8 heavy (non-hydrogen) atoms. The second-order valence-corrected chi connectivity index (χ2v) is 1.22. The molecule has 0 amide bonds. The number of hydrogen-bond donors (Lipinski definition) is 0. The van der Waals surface area contributed by atoms with Crippen LogP contribution in [-0.4, -0.2) is 55.3 Å². The molecule has 0 spiro atoms. The van der Waals surface area contributed by atoms with Gasteiger partial charge in [0, 0.05) is 10.4 Å². The van der Waals surface area contributed by atoms with Crippen molar-refractivity contribution < 1.29 is 17.5 Å². The van der Waals surface area contributed by atoms with Crippen molar-refractivity contribution in [3.05, 3.63) is 13.2 Å². The Morgan fingerprint density at radius 3 is 1.12 bits per heavy atom. The van der Waals surface area contributed by atoms with Gasteiger partial charge in [-0.3, -0.25) is 8.42 Å². The minimum Gasteiger partial charge on any atom is -0.759 e. The molecule has 44 valence electrons. The number of rotatable bonds is 0. The summed E-state index contributed by atoms with van der Waals surface area (Å²) in [6.45, 7) is 6.00. The van der Waals surface area contributed by atoms with Crippen molar-refractivity contribution in [3.63, 3.8) is 0 Å². The third kappa shape index (κ3) is 313. The van der Waals surface area contributed by atoms with E-state index in [4.69, 9.17) is 17.5 Å². The van der Waals surface area contributed by atoms with Crippen molar-refractivity contribution >= 4 is 48.1 Å². The smallest absolute Gasteiger partial charge is 0.759 e. The summed E-state index contributed by atoms with van der Waals surface area (Å²) >= 11 is 0. The molecule has 0 aliphatic carbocycles. The standard InChI is InChI=1S/C2H4.Ca.H2O4S/c1-2;;1-5(2,3)4/h1-2H2;;(H2,1,2,3,4)/q;+2;/p-2. The maximum absolute atomic E-state index is 8.52. The van der Waals surface area contributed by atoms with Crippen LogP contribution in [0.5, 0.6) is 0 Å². The third-order valence-electron chi connectivity index (χ3n) is 0. The van der Waals surface area contributed by atoms with Crippen LogP contribution in [0.1, 0.15) is 0 Å². The van der Waals surface area contributed by atoms with Crippen molar-refractivity contribution in [1.82, 2.24) is 0 Å².